The van der Waals surface area contributed by atoms with Crippen LogP contribution in [0.5, 0.6) is 0 Å². The van der Waals surface area contributed by atoms with Crippen LogP contribution in [0.1, 0.15) is 22.7 Å². The third-order valence-corrected chi connectivity index (χ3v) is 3.64. The SMILES string of the molecule is CS(=O)(=O)O.O=C(O)N1CCc2ccccc2[C@H]1c1ccccc1. The number of carbonyl (C=O) groups is 1. The largest absolute Gasteiger partial charge is 0.465 e. The first kappa shape index (κ1) is 18.0. The Bertz CT molecular complexity index is 797. The summed E-state index contributed by atoms with van der Waals surface area (Å²) in [6, 6.07) is 17.7. The first-order valence-electron chi connectivity index (χ1n) is 7.32. The molecule has 0 spiro atoms. The maximum absolute atomic E-state index is 11.5. The van der Waals surface area contributed by atoms with Crippen molar-refractivity contribution in [1.82, 2.24) is 4.90 Å². The van der Waals surface area contributed by atoms with E-state index in [1.165, 1.54) is 10.5 Å². The highest BCUT2D eigenvalue weighted by atomic mass is 32.2. The number of hydrogen-bond acceptors (Lipinski definition) is 3. The number of rotatable bonds is 1. The van der Waals surface area contributed by atoms with Crippen molar-refractivity contribution in [3.05, 3.63) is 71.3 Å². The fourth-order valence-corrected chi connectivity index (χ4v) is 2.77. The molecule has 0 saturated carbocycles. The molecule has 0 unspecified atom stereocenters. The van der Waals surface area contributed by atoms with Crippen LogP contribution in [0.4, 0.5) is 4.79 Å². The first-order chi connectivity index (χ1) is 11.3. The van der Waals surface area contributed by atoms with E-state index in [0.717, 1.165) is 17.5 Å². The van der Waals surface area contributed by atoms with E-state index in [0.29, 0.717) is 12.8 Å². The summed E-state index contributed by atoms with van der Waals surface area (Å²) in [5.41, 5.74) is 3.37. The van der Waals surface area contributed by atoms with Crippen LogP contribution < -0.4 is 0 Å². The van der Waals surface area contributed by atoms with Gasteiger partial charge in [-0.05, 0) is 23.1 Å². The Morgan fingerprint density at radius 1 is 1.08 bits per heavy atom. The van der Waals surface area contributed by atoms with Crippen LogP contribution in [0, 0.1) is 0 Å². The molecular weight excluding hydrogens is 330 g/mol. The maximum atomic E-state index is 11.5. The van der Waals surface area contributed by atoms with Gasteiger partial charge in [0.25, 0.3) is 10.1 Å². The number of hydrogen-bond donors (Lipinski definition) is 2. The van der Waals surface area contributed by atoms with Crippen molar-refractivity contribution in [1.29, 1.82) is 0 Å². The third-order valence-electron chi connectivity index (χ3n) is 3.64. The van der Waals surface area contributed by atoms with Gasteiger partial charge >= 0.3 is 6.09 Å². The Labute approximate surface area is 141 Å². The van der Waals surface area contributed by atoms with Crippen molar-refractivity contribution in [2.75, 3.05) is 12.8 Å². The second-order valence-electron chi connectivity index (χ2n) is 5.47. The number of nitrogens with zero attached hydrogens (tertiary/aromatic N) is 1. The van der Waals surface area contributed by atoms with Crippen LogP contribution in [0.2, 0.25) is 0 Å². The van der Waals surface area contributed by atoms with Gasteiger partial charge in [0.05, 0.1) is 12.3 Å². The van der Waals surface area contributed by atoms with E-state index in [4.69, 9.17) is 4.55 Å². The second-order valence-corrected chi connectivity index (χ2v) is 6.94. The van der Waals surface area contributed by atoms with E-state index in [1.807, 2.05) is 48.5 Å². The van der Waals surface area contributed by atoms with Crippen molar-refractivity contribution in [2.45, 2.75) is 12.5 Å². The molecule has 0 bridgehead atoms. The van der Waals surface area contributed by atoms with Crippen LogP contribution in [0.25, 0.3) is 0 Å². The molecule has 1 aliphatic rings. The Kier molecular flexibility index (Phi) is 5.58. The maximum Gasteiger partial charge on any atom is 0.408 e. The van der Waals surface area contributed by atoms with Gasteiger partial charge in [0, 0.05) is 6.54 Å². The molecule has 2 aromatic carbocycles. The van der Waals surface area contributed by atoms with Gasteiger partial charge in [-0.25, -0.2) is 4.79 Å². The van der Waals surface area contributed by atoms with E-state index >= 15 is 0 Å². The van der Waals surface area contributed by atoms with Crippen molar-refractivity contribution >= 4 is 16.2 Å². The number of carboxylic acid groups (broad SMARTS) is 1. The van der Waals surface area contributed by atoms with Crippen molar-refractivity contribution in [2.24, 2.45) is 0 Å². The molecule has 0 aromatic heterocycles. The van der Waals surface area contributed by atoms with Crippen LogP contribution in [0.3, 0.4) is 0 Å². The molecule has 0 radical (unpaired) electrons. The summed E-state index contributed by atoms with van der Waals surface area (Å²) in [4.78, 5) is 13.0. The van der Waals surface area contributed by atoms with E-state index in [-0.39, 0.29) is 6.04 Å². The van der Waals surface area contributed by atoms with E-state index in [9.17, 15) is 18.3 Å². The molecule has 0 aliphatic carbocycles. The summed E-state index contributed by atoms with van der Waals surface area (Å²) in [6.07, 6.45) is 0.641. The van der Waals surface area contributed by atoms with E-state index in [1.54, 1.807) is 0 Å². The Hall–Kier alpha value is -2.38. The van der Waals surface area contributed by atoms with E-state index in [2.05, 4.69) is 6.07 Å². The zero-order valence-corrected chi connectivity index (χ0v) is 14.0. The summed E-state index contributed by atoms with van der Waals surface area (Å²) < 4.78 is 25.9. The van der Waals surface area contributed by atoms with Crippen LogP contribution in [-0.4, -0.2) is 41.9 Å². The lowest BCUT2D eigenvalue weighted by atomic mass is 9.88. The summed E-state index contributed by atoms with van der Waals surface area (Å²) in [5, 5.41) is 9.42. The van der Waals surface area contributed by atoms with Crippen LogP contribution in [0.15, 0.2) is 54.6 Å². The van der Waals surface area contributed by atoms with Gasteiger partial charge in [-0.2, -0.15) is 8.42 Å². The minimum absolute atomic E-state index is 0.191. The van der Waals surface area contributed by atoms with Crippen molar-refractivity contribution in [3.8, 4) is 0 Å². The summed E-state index contributed by atoms with van der Waals surface area (Å²) in [7, 11) is -3.67. The highest BCUT2D eigenvalue weighted by Crippen LogP contribution is 2.34. The van der Waals surface area contributed by atoms with Gasteiger partial charge in [-0.1, -0.05) is 54.6 Å². The van der Waals surface area contributed by atoms with Gasteiger partial charge in [-0.15, -0.1) is 0 Å². The van der Waals surface area contributed by atoms with Gasteiger partial charge in [0.1, 0.15) is 0 Å². The molecule has 2 N–H and O–H groups in total. The Morgan fingerprint density at radius 2 is 1.62 bits per heavy atom. The van der Waals surface area contributed by atoms with Gasteiger partial charge in [0.15, 0.2) is 0 Å². The first-order valence-corrected chi connectivity index (χ1v) is 9.17. The average molecular weight is 349 g/mol. The average Bonchev–Trinajstić information content (AvgIpc) is 2.53. The highest BCUT2D eigenvalue weighted by molar-refractivity contribution is 7.85. The third kappa shape index (κ3) is 4.81. The lowest BCUT2D eigenvalue weighted by Crippen LogP contribution is -2.39. The number of benzene rings is 2. The summed E-state index contributed by atoms with van der Waals surface area (Å²) >= 11 is 0. The highest BCUT2D eigenvalue weighted by Gasteiger charge is 2.31. The quantitative estimate of drug-likeness (QED) is 0.772. The number of amides is 1. The van der Waals surface area contributed by atoms with Gasteiger partial charge < -0.3 is 5.11 Å². The lowest BCUT2D eigenvalue weighted by molar-refractivity contribution is 0.129. The zero-order valence-electron chi connectivity index (χ0n) is 13.2. The summed E-state index contributed by atoms with van der Waals surface area (Å²) in [5.74, 6) is 0. The molecule has 128 valence electrons. The Balaban J connectivity index is 0.000000368. The molecule has 2 aromatic rings. The van der Waals surface area contributed by atoms with Crippen LogP contribution >= 0.6 is 0 Å². The zero-order chi connectivity index (χ0) is 17.7. The molecule has 0 fully saturated rings. The second kappa shape index (κ2) is 7.46. The number of fused-ring (bicyclic) bond motifs is 1. The molecule has 1 amide bonds. The molecule has 0 saturated heterocycles. The topological polar surface area (TPSA) is 94.9 Å². The predicted molar refractivity (Wildman–Crippen MR) is 90.6 cm³/mol. The van der Waals surface area contributed by atoms with Gasteiger partial charge in [-0.3, -0.25) is 9.45 Å². The minimum atomic E-state index is -3.67. The predicted octanol–water partition coefficient (Wildman–Crippen LogP) is 2.82. The standard InChI is InChI=1S/C16H15NO2.CH4O3S/c18-16(19)17-11-10-12-6-4-5-9-14(12)15(17)13-7-2-1-3-8-13;1-5(2,3)4/h1-9,15H,10-11H2,(H,18,19);1H3,(H,2,3,4)/t15-;/m1./s1. The smallest absolute Gasteiger partial charge is 0.408 e. The van der Waals surface area contributed by atoms with Crippen LogP contribution in [-0.2, 0) is 16.5 Å². The fourth-order valence-electron chi connectivity index (χ4n) is 2.77. The molecule has 3 rings (SSSR count). The lowest BCUT2D eigenvalue weighted by Gasteiger charge is -2.35. The molecule has 1 atom stereocenters. The van der Waals surface area contributed by atoms with Crippen molar-refractivity contribution < 1.29 is 22.9 Å². The van der Waals surface area contributed by atoms with Crippen molar-refractivity contribution in [3.63, 3.8) is 0 Å². The Morgan fingerprint density at radius 3 is 2.21 bits per heavy atom. The summed E-state index contributed by atoms with van der Waals surface area (Å²) in [6.45, 7) is 0.548. The fraction of sp³-hybridized carbons (Fsp3) is 0.235. The molecule has 1 heterocycles. The molecule has 7 heteroatoms. The van der Waals surface area contributed by atoms with Gasteiger partial charge in [0.2, 0.25) is 0 Å². The monoisotopic (exact) mass is 349 g/mol. The molecule has 24 heavy (non-hydrogen) atoms. The normalized spacial score (nSPS) is 16.6. The molecular formula is C17H19NO5S. The molecule has 6 nitrogen and oxygen atoms in total. The minimum Gasteiger partial charge on any atom is -0.465 e. The van der Waals surface area contributed by atoms with E-state index < -0.39 is 16.2 Å². The molecule has 1 aliphatic heterocycles.